The van der Waals surface area contributed by atoms with Gasteiger partial charge in [0, 0.05) is 6.04 Å². The Balaban J connectivity index is 2.70. The highest BCUT2D eigenvalue weighted by molar-refractivity contribution is 5.77. The molecule has 3 heteroatoms. The number of rotatable bonds is 3. The van der Waals surface area contributed by atoms with Gasteiger partial charge < -0.3 is 5.11 Å². The standard InChI is InChI=1S/C12H23NO2/c1-11(2)7-6-9(8-11)13(5)12(3,4)10(14)15/h9H,6-8H2,1-5H3,(H,14,15). The van der Waals surface area contributed by atoms with Gasteiger partial charge in [0.15, 0.2) is 0 Å². The van der Waals surface area contributed by atoms with Crippen LogP contribution < -0.4 is 0 Å². The van der Waals surface area contributed by atoms with Gasteiger partial charge in [0.25, 0.3) is 0 Å². The SMILES string of the molecule is CN(C1CCC(C)(C)C1)C(C)(C)C(=O)O. The van der Waals surface area contributed by atoms with Crippen LogP contribution in [-0.2, 0) is 4.79 Å². The van der Waals surface area contributed by atoms with Gasteiger partial charge >= 0.3 is 5.97 Å². The lowest BCUT2D eigenvalue weighted by Gasteiger charge is -2.36. The normalized spacial score (nSPS) is 25.9. The summed E-state index contributed by atoms with van der Waals surface area (Å²) >= 11 is 0. The summed E-state index contributed by atoms with van der Waals surface area (Å²) in [5.41, 5.74) is -0.390. The molecule has 0 spiro atoms. The van der Waals surface area contributed by atoms with Crippen LogP contribution in [0.5, 0.6) is 0 Å². The Morgan fingerprint density at radius 3 is 2.33 bits per heavy atom. The summed E-state index contributed by atoms with van der Waals surface area (Å²) < 4.78 is 0. The third-order valence-electron chi connectivity index (χ3n) is 3.90. The van der Waals surface area contributed by atoms with E-state index < -0.39 is 11.5 Å². The van der Waals surface area contributed by atoms with Crippen molar-refractivity contribution in [3.8, 4) is 0 Å². The van der Waals surface area contributed by atoms with Crippen molar-refractivity contribution in [2.45, 2.75) is 58.5 Å². The zero-order valence-corrected chi connectivity index (χ0v) is 10.5. The van der Waals surface area contributed by atoms with Crippen LogP contribution in [-0.4, -0.2) is 34.6 Å². The number of nitrogens with zero attached hydrogens (tertiary/aromatic N) is 1. The lowest BCUT2D eigenvalue weighted by molar-refractivity contribution is -0.150. The fourth-order valence-corrected chi connectivity index (χ4v) is 2.34. The summed E-state index contributed by atoms with van der Waals surface area (Å²) in [6.45, 7) is 8.07. The molecule has 1 aliphatic carbocycles. The predicted octanol–water partition coefficient (Wildman–Crippen LogP) is 2.36. The molecule has 1 fully saturated rings. The van der Waals surface area contributed by atoms with E-state index in [4.69, 9.17) is 5.11 Å². The Hall–Kier alpha value is -0.570. The number of carbonyl (C=O) groups is 1. The van der Waals surface area contributed by atoms with E-state index in [9.17, 15) is 4.79 Å². The highest BCUT2D eigenvalue weighted by Crippen LogP contribution is 2.40. The van der Waals surface area contributed by atoms with Gasteiger partial charge in [-0.1, -0.05) is 13.8 Å². The molecule has 0 aliphatic heterocycles. The van der Waals surface area contributed by atoms with Crippen molar-refractivity contribution in [2.24, 2.45) is 5.41 Å². The number of carboxylic acid groups (broad SMARTS) is 1. The molecule has 0 aromatic heterocycles. The summed E-state index contributed by atoms with van der Waals surface area (Å²) in [6.07, 6.45) is 3.40. The van der Waals surface area contributed by atoms with Gasteiger partial charge in [0.05, 0.1) is 0 Å². The molecular formula is C12H23NO2. The van der Waals surface area contributed by atoms with Crippen LogP contribution in [0, 0.1) is 5.41 Å². The van der Waals surface area contributed by atoms with Gasteiger partial charge in [-0.3, -0.25) is 9.69 Å². The summed E-state index contributed by atoms with van der Waals surface area (Å²) in [6, 6.07) is 0.408. The number of likely N-dealkylation sites (N-methyl/N-ethyl adjacent to an activating group) is 1. The Kier molecular flexibility index (Phi) is 3.15. The first-order chi connectivity index (χ1) is 6.67. The topological polar surface area (TPSA) is 40.5 Å². The Bertz CT molecular complexity index is 258. The van der Waals surface area contributed by atoms with Crippen molar-refractivity contribution in [3.63, 3.8) is 0 Å². The summed E-state index contributed by atoms with van der Waals surface area (Å²) in [5, 5.41) is 9.16. The van der Waals surface area contributed by atoms with Gasteiger partial charge in [-0.2, -0.15) is 0 Å². The minimum atomic E-state index is -0.759. The highest BCUT2D eigenvalue weighted by atomic mass is 16.4. The fourth-order valence-electron chi connectivity index (χ4n) is 2.34. The number of hydrogen-bond donors (Lipinski definition) is 1. The summed E-state index contributed by atoms with van der Waals surface area (Å²) in [5.74, 6) is -0.741. The molecule has 0 saturated heterocycles. The van der Waals surface area contributed by atoms with Crippen molar-refractivity contribution in [1.29, 1.82) is 0 Å². The molecule has 1 saturated carbocycles. The molecule has 0 heterocycles. The van der Waals surface area contributed by atoms with Crippen LogP contribution >= 0.6 is 0 Å². The Morgan fingerprint density at radius 1 is 1.47 bits per heavy atom. The van der Waals surface area contributed by atoms with Crippen molar-refractivity contribution < 1.29 is 9.90 Å². The fraction of sp³-hybridized carbons (Fsp3) is 0.917. The monoisotopic (exact) mass is 213 g/mol. The van der Waals surface area contributed by atoms with Crippen molar-refractivity contribution in [2.75, 3.05) is 7.05 Å². The molecule has 0 aromatic rings. The third kappa shape index (κ3) is 2.51. The molecule has 1 unspecified atom stereocenters. The van der Waals surface area contributed by atoms with E-state index in [1.165, 1.54) is 6.42 Å². The molecule has 88 valence electrons. The zero-order valence-electron chi connectivity index (χ0n) is 10.5. The lowest BCUT2D eigenvalue weighted by Crippen LogP contribution is -2.52. The molecule has 1 N–H and O–H groups in total. The van der Waals surface area contributed by atoms with E-state index in [0.717, 1.165) is 12.8 Å². The number of carboxylic acids is 1. The number of aliphatic carboxylic acids is 1. The summed E-state index contributed by atoms with van der Waals surface area (Å²) in [7, 11) is 1.93. The second kappa shape index (κ2) is 3.78. The predicted molar refractivity (Wildman–Crippen MR) is 60.9 cm³/mol. The van der Waals surface area contributed by atoms with Gasteiger partial charge in [-0.25, -0.2) is 0 Å². The van der Waals surface area contributed by atoms with Crippen molar-refractivity contribution in [3.05, 3.63) is 0 Å². The minimum Gasteiger partial charge on any atom is -0.480 e. The van der Waals surface area contributed by atoms with Gasteiger partial charge in [-0.05, 0) is 45.6 Å². The molecule has 0 bridgehead atoms. The zero-order chi connectivity index (χ0) is 11.9. The van der Waals surface area contributed by atoms with E-state index in [1.54, 1.807) is 13.8 Å². The molecule has 0 radical (unpaired) electrons. The second-order valence-corrected chi connectivity index (χ2v) is 6.04. The van der Waals surface area contributed by atoms with Crippen LogP contribution in [0.1, 0.15) is 47.0 Å². The third-order valence-corrected chi connectivity index (χ3v) is 3.90. The highest BCUT2D eigenvalue weighted by Gasteiger charge is 2.41. The maximum Gasteiger partial charge on any atom is 0.323 e. The second-order valence-electron chi connectivity index (χ2n) is 6.04. The van der Waals surface area contributed by atoms with Crippen LogP contribution in [0.4, 0.5) is 0 Å². The van der Waals surface area contributed by atoms with Crippen LogP contribution in [0.25, 0.3) is 0 Å². The van der Waals surface area contributed by atoms with E-state index in [-0.39, 0.29) is 0 Å². The molecule has 3 nitrogen and oxygen atoms in total. The quantitative estimate of drug-likeness (QED) is 0.782. The lowest BCUT2D eigenvalue weighted by atomic mass is 9.91. The van der Waals surface area contributed by atoms with Crippen LogP contribution in [0.3, 0.4) is 0 Å². The molecule has 0 amide bonds. The van der Waals surface area contributed by atoms with E-state index in [2.05, 4.69) is 13.8 Å². The first kappa shape index (κ1) is 12.5. The van der Waals surface area contributed by atoms with Gasteiger partial charge in [-0.15, -0.1) is 0 Å². The molecule has 1 aliphatic rings. The summed E-state index contributed by atoms with van der Waals surface area (Å²) in [4.78, 5) is 13.2. The maximum absolute atomic E-state index is 11.1. The van der Waals surface area contributed by atoms with E-state index in [1.807, 2.05) is 11.9 Å². The van der Waals surface area contributed by atoms with Crippen molar-refractivity contribution in [1.82, 2.24) is 4.90 Å². The average molecular weight is 213 g/mol. The van der Waals surface area contributed by atoms with Crippen molar-refractivity contribution >= 4 is 5.97 Å². The molecule has 15 heavy (non-hydrogen) atoms. The van der Waals surface area contributed by atoms with Gasteiger partial charge in [0.1, 0.15) is 5.54 Å². The molecular weight excluding hydrogens is 190 g/mol. The maximum atomic E-state index is 11.1. The van der Waals surface area contributed by atoms with Crippen LogP contribution in [0.2, 0.25) is 0 Å². The first-order valence-electron chi connectivity index (χ1n) is 5.63. The molecule has 1 atom stereocenters. The van der Waals surface area contributed by atoms with E-state index >= 15 is 0 Å². The van der Waals surface area contributed by atoms with Gasteiger partial charge in [0.2, 0.25) is 0 Å². The smallest absolute Gasteiger partial charge is 0.323 e. The molecule has 1 rings (SSSR count). The Morgan fingerprint density at radius 2 is 2.00 bits per heavy atom. The van der Waals surface area contributed by atoms with Crippen LogP contribution in [0.15, 0.2) is 0 Å². The number of hydrogen-bond acceptors (Lipinski definition) is 2. The average Bonchev–Trinajstić information content (AvgIpc) is 2.44. The Labute approximate surface area is 92.5 Å². The molecule has 0 aromatic carbocycles. The first-order valence-corrected chi connectivity index (χ1v) is 5.63. The van der Waals surface area contributed by atoms with E-state index in [0.29, 0.717) is 11.5 Å². The largest absolute Gasteiger partial charge is 0.480 e. The minimum absolute atomic E-state index is 0.369.